The second-order valence-electron chi connectivity index (χ2n) is 6.36. The Hall–Kier alpha value is -3.29. The van der Waals surface area contributed by atoms with E-state index in [2.05, 4.69) is 5.32 Å². The zero-order chi connectivity index (χ0) is 20.5. The van der Waals surface area contributed by atoms with Crippen molar-refractivity contribution in [3.05, 3.63) is 65.2 Å². The van der Waals surface area contributed by atoms with Crippen LogP contribution in [-0.2, 0) is 10.3 Å². The maximum absolute atomic E-state index is 13.4. The van der Waals surface area contributed by atoms with Crippen molar-refractivity contribution in [2.45, 2.75) is 18.9 Å². The van der Waals surface area contributed by atoms with Gasteiger partial charge in [0.25, 0.3) is 5.91 Å². The van der Waals surface area contributed by atoms with E-state index in [-0.39, 0.29) is 12.0 Å². The minimum Gasteiger partial charge on any atom is -0.497 e. The van der Waals surface area contributed by atoms with Crippen LogP contribution in [0.4, 0.5) is 13.6 Å². The van der Waals surface area contributed by atoms with Crippen molar-refractivity contribution >= 4 is 17.7 Å². The van der Waals surface area contributed by atoms with Crippen LogP contribution in [0.25, 0.3) is 0 Å². The number of hydrogen-bond donors (Lipinski definition) is 1. The van der Waals surface area contributed by atoms with Crippen LogP contribution in [0.5, 0.6) is 5.75 Å². The monoisotopic (exact) mass is 388 g/mol. The van der Waals surface area contributed by atoms with Gasteiger partial charge >= 0.3 is 6.03 Å². The van der Waals surface area contributed by atoms with Crippen LogP contribution in [0.15, 0.2) is 42.5 Å². The Labute approximate surface area is 160 Å². The van der Waals surface area contributed by atoms with E-state index in [9.17, 15) is 23.2 Å². The molecule has 146 valence electrons. The van der Waals surface area contributed by atoms with Crippen molar-refractivity contribution in [3.8, 4) is 5.75 Å². The van der Waals surface area contributed by atoms with Crippen molar-refractivity contribution in [3.63, 3.8) is 0 Å². The van der Waals surface area contributed by atoms with Gasteiger partial charge in [0.15, 0.2) is 17.4 Å². The van der Waals surface area contributed by atoms with Gasteiger partial charge in [-0.25, -0.2) is 13.6 Å². The molecule has 6 nitrogen and oxygen atoms in total. The second kappa shape index (κ2) is 7.38. The van der Waals surface area contributed by atoms with Crippen molar-refractivity contribution < 1.29 is 27.9 Å². The van der Waals surface area contributed by atoms with Crippen molar-refractivity contribution in [1.29, 1.82) is 0 Å². The molecule has 1 aliphatic heterocycles. The van der Waals surface area contributed by atoms with E-state index < -0.39 is 41.4 Å². The van der Waals surface area contributed by atoms with E-state index in [0.717, 1.165) is 23.1 Å². The molecular formula is C20H18F2N2O4. The van der Waals surface area contributed by atoms with Crippen LogP contribution < -0.4 is 10.1 Å². The number of imide groups is 1. The molecule has 2 aromatic rings. The lowest BCUT2D eigenvalue weighted by Crippen LogP contribution is -2.43. The molecule has 28 heavy (non-hydrogen) atoms. The number of benzene rings is 2. The van der Waals surface area contributed by atoms with Crippen molar-refractivity contribution in [2.75, 3.05) is 13.7 Å². The summed E-state index contributed by atoms with van der Waals surface area (Å²) in [4.78, 5) is 38.6. The first-order chi connectivity index (χ1) is 13.3. The lowest BCUT2D eigenvalue weighted by molar-refractivity contribution is -0.131. The fourth-order valence-corrected chi connectivity index (χ4v) is 3.19. The summed E-state index contributed by atoms with van der Waals surface area (Å²) in [5, 5.41) is 2.66. The smallest absolute Gasteiger partial charge is 0.325 e. The minimum absolute atomic E-state index is 0.127. The Morgan fingerprint density at radius 1 is 1.11 bits per heavy atom. The van der Waals surface area contributed by atoms with Gasteiger partial charge in [0.1, 0.15) is 11.3 Å². The molecule has 1 heterocycles. The first-order valence-electron chi connectivity index (χ1n) is 8.59. The standard InChI is InChI=1S/C20H18F2N2O4/c1-3-20(13-5-7-14(28-2)8-6-13)18(26)24(19(27)23-20)11-17(25)12-4-9-15(21)16(22)10-12/h4-10H,3,11H2,1-2H3,(H,23,27)/t20-/m0/s1. The Morgan fingerprint density at radius 3 is 2.36 bits per heavy atom. The maximum Gasteiger partial charge on any atom is 0.325 e. The third-order valence-electron chi connectivity index (χ3n) is 4.83. The molecule has 3 amide bonds. The van der Waals surface area contributed by atoms with Gasteiger partial charge in [-0.2, -0.15) is 0 Å². The Balaban J connectivity index is 1.87. The number of ketones is 1. The highest BCUT2D eigenvalue weighted by molar-refractivity contribution is 6.11. The average Bonchev–Trinajstić information content (AvgIpc) is 2.95. The number of nitrogens with one attached hydrogen (secondary N) is 1. The van der Waals surface area contributed by atoms with E-state index in [0.29, 0.717) is 11.3 Å². The number of hydrogen-bond acceptors (Lipinski definition) is 4. The summed E-state index contributed by atoms with van der Waals surface area (Å²) in [6.45, 7) is 1.16. The van der Waals surface area contributed by atoms with Gasteiger partial charge in [0.2, 0.25) is 0 Å². The summed E-state index contributed by atoms with van der Waals surface area (Å²) in [5.41, 5.74) is -0.882. The largest absolute Gasteiger partial charge is 0.497 e. The third-order valence-corrected chi connectivity index (χ3v) is 4.83. The molecule has 1 atom stereocenters. The van der Waals surface area contributed by atoms with Gasteiger partial charge in [-0.05, 0) is 42.3 Å². The first kappa shape index (κ1) is 19.5. The van der Waals surface area contributed by atoms with Crippen LogP contribution in [-0.4, -0.2) is 36.3 Å². The number of ether oxygens (including phenoxy) is 1. The number of Topliss-reactive ketones (excluding diaryl/α,β-unsaturated/α-hetero) is 1. The molecule has 0 bridgehead atoms. The van der Waals surface area contributed by atoms with E-state index in [1.807, 2.05) is 0 Å². The Bertz CT molecular complexity index is 946. The minimum atomic E-state index is -1.31. The van der Waals surface area contributed by atoms with Crippen LogP contribution in [0.3, 0.4) is 0 Å². The van der Waals surface area contributed by atoms with Crippen LogP contribution >= 0.6 is 0 Å². The van der Waals surface area contributed by atoms with Gasteiger partial charge in [0, 0.05) is 5.56 Å². The number of halogens is 2. The highest BCUT2D eigenvalue weighted by Crippen LogP contribution is 2.33. The summed E-state index contributed by atoms with van der Waals surface area (Å²) in [6.07, 6.45) is 0.264. The predicted molar refractivity (Wildman–Crippen MR) is 95.9 cm³/mol. The molecule has 1 N–H and O–H groups in total. The molecule has 1 aliphatic rings. The van der Waals surface area contributed by atoms with Crippen LogP contribution in [0.1, 0.15) is 29.3 Å². The maximum atomic E-state index is 13.4. The second-order valence-corrected chi connectivity index (χ2v) is 6.36. The predicted octanol–water partition coefficient (Wildman–Crippen LogP) is 3.01. The fourth-order valence-electron chi connectivity index (χ4n) is 3.19. The molecule has 0 unspecified atom stereocenters. The molecule has 1 saturated heterocycles. The van der Waals surface area contributed by atoms with Crippen LogP contribution in [0.2, 0.25) is 0 Å². The third kappa shape index (κ3) is 3.21. The Kier molecular flexibility index (Phi) is 5.13. The van der Waals surface area contributed by atoms with Crippen LogP contribution in [0, 0.1) is 11.6 Å². The lowest BCUT2D eigenvalue weighted by atomic mass is 9.87. The number of carbonyl (C=O) groups is 3. The molecule has 1 fully saturated rings. The lowest BCUT2D eigenvalue weighted by Gasteiger charge is -2.26. The summed E-state index contributed by atoms with van der Waals surface area (Å²) in [7, 11) is 1.51. The fraction of sp³-hybridized carbons (Fsp3) is 0.250. The topological polar surface area (TPSA) is 75.7 Å². The van der Waals surface area contributed by atoms with Gasteiger partial charge in [-0.15, -0.1) is 0 Å². The van der Waals surface area contributed by atoms with E-state index in [1.54, 1.807) is 31.2 Å². The quantitative estimate of drug-likeness (QED) is 0.610. The zero-order valence-electron chi connectivity index (χ0n) is 15.3. The average molecular weight is 388 g/mol. The number of urea groups is 1. The number of methoxy groups -OCH3 is 1. The molecule has 0 aliphatic carbocycles. The molecule has 0 aromatic heterocycles. The summed E-state index contributed by atoms with van der Waals surface area (Å²) >= 11 is 0. The summed E-state index contributed by atoms with van der Waals surface area (Å²) in [6, 6.07) is 8.62. The summed E-state index contributed by atoms with van der Waals surface area (Å²) < 4.78 is 31.5. The SMILES string of the molecule is CC[C@@]1(c2ccc(OC)cc2)NC(=O)N(CC(=O)c2ccc(F)c(F)c2)C1=O. The highest BCUT2D eigenvalue weighted by Gasteiger charge is 2.51. The highest BCUT2D eigenvalue weighted by atomic mass is 19.2. The van der Waals surface area contributed by atoms with Crippen molar-refractivity contribution in [2.24, 2.45) is 0 Å². The zero-order valence-corrected chi connectivity index (χ0v) is 15.3. The molecular weight excluding hydrogens is 370 g/mol. The molecule has 0 saturated carbocycles. The molecule has 8 heteroatoms. The van der Waals surface area contributed by atoms with Gasteiger partial charge in [-0.3, -0.25) is 14.5 Å². The molecule has 0 radical (unpaired) electrons. The van der Waals surface area contributed by atoms with E-state index in [4.69, 9.17) is 4.74 Å². The molecule has 2 aromatic carbocycles. The van der Waals surface area contributed by atoms with Gasteiger partial charge in [-0.1, -0.05) is 19.1 Å². The van der Waals surface area contributed by atoms with Crippen molar-refractivity contribution in [1.82, 2.24) is 10.2 Å². The number of amides is 3. The number of nitrogens with zero attached hydrogens (tertiary/aromatic N) is 1. The molecule has 0 spiro atoms. The van der Waals surface area contributed by atoms with E-state index >= 15 is 0 Å². The number of carbonyl (C=O) groups excluding carboxylic acids is 3. The van der Waals surface area contributed by atoms with Gasteiger partial charge in [0.05, 0.1) is 13.7 Å². The molecule has 3 rings (SSSR count). The summed E-state index contributed by atoms with van der Waals surface area (Å²) in [5.74, 6) is -2.93. The van der Waals surface area contributed by atoms with E-state index in [1.165, 1.54) is 7.11 Å². The Morgan fingerprint density at radius 2 is 1.79 bits per heavy atom. The first-order valence-corrected chi connectivity index (χ1v) is 8.59. The normalized spacial score (nSPS) is 18.9. The van der Waals surface area contributed by atoms with Gasteiger partial charge < -0.3 is 10.1 Å². The number of rotatable bonds is 6.